The Morgan fingerprint density at radius 1 is 1.33 bits per heavy atom. The van der Waals surface area contributed by atoms with Crippen LogP contribution in [0.15, 0.2) is 30.5 Å². The zero-order valence-corrected chi connectivity index (χ0v) is 11.2. The second-order valence-corrected chi connectivity index (χ2v) is 4.74. The van der Waals surface area contributed by atoms with Crippen LogP contribution in [0.4, 0.5) is 5.82 Å². The summed E-state index contributed by atoms with van der Waals surface area (Å²) in [6.07, 6.45) is 1.65. The van der Waals surface area contributed by atoms with Gasteiger partial charge in [-0.3, -0.25) is 0 Å². The lowest BCUT2D eigenvalue weighted by Gasteiger charge is -2.14. The molecule has 0 saturated heterocycles. The molecule has 2 rings (SSSR count). The Kier molecular flexibility index (Phi) is 3.77. The fourth-order valence-electron chi connectivity index (χ4n) is 1.80. The molecule has 0 amide bonds. The molecule has 0 saturated carbocycles. The molecule has 0 fully saturated rings. The van der Waals surface area contributed by atoms with E-state index in [1.807, 2.05) is 16.7 Å². The van der Waals surface area contributed by atoms with Gasteiger partial charge in [0.25, 0.3) is 0 Å². The third kappa shape index (κ3) is 2.76. The second-order valence-electron chi connectivity index (χ2n) is 4.31. The normalized spacial score (nSPS) is 10.9. The lowest BCUT2D eigenvalue weighted by atomic mass is 10.3. The maximum atomic E-state index is 5.86. The number of nitrogens with two attached hydrogens (primary N) is 1. The van der Waals surface area contributed by atoms with E-state index in [-0.39, 0.29) is 6.04 Å². The van der Waals surface area contributed by atoms with Crippen molar-refractivity contribution in [1.29, 1.82) is 0 Å². The van der Waals surface area contributed by atoms with Crippen molar-refractivity contribution in [3.63, 3.8) is 0 Å². The van der Waals surface area contributed by atoms with Crippen LogP contribution in [0.1, 0.15) is 25.7 Å². The maximum Gasteiger partial charge on any atom is 0.148 e. The Bertz CT molecular complexity index is 520. The number of nitrogens with zero attached hydrogens (tertiary/aromatic N) is 2. The van der Waals surface area contributed by atoms with Crippen LogP contribution < -0.4 is 10.5 Å². The van der Waals surface area contributed by atoms with E-state index in [1.54, 1.807) is 18.3 Å². The summed E-state index contributed by atoms with van der Waals surface area (Å²) in [4.78, 5) is 4.26. The zero-order valence-electron chi connectivity index (χ0n) is 10.4. The average molecular weight is 266 g/mol. The SMILES string of the molecule is CC(C)n1c(N)cnc1COc1ccc(Cl)cc1. The van der Waals surface area contributed by atoms with Crippen molar-refractivity contribution in [3.05, 3.63) is 41.3 Å². The number of benzene rings is 1. The van der Waals surface area contributed by atoms with E-state index in [1.165, 1.54) is 0 Å². The minimum atomic E-state index is 0.260. The number of hydrogen-bond donors (Lipinski definition) is 1. The van der Waals surface area contributed by atoms with Crippen LogP contribution in [0.25, 0.3) is 0 Å². The van der Waals surface area contributed by atoms with Gasteiger partial charge in [0.15, 0.2) is 0 Å². The highest BCUT2D eigenvalue weighted by Crippen LogP contribution is 2.19. The number of anilines is 1. The molecule has 0 radical (unpaired) electrons. The van der Waals surface area contributed by atoms with Crippen LogP contribution in [0, 0.1) is 0 Å². The van der Waals surface area contributed by atoms with Crippen molar-refractivity contribution >= 4 is 17.4 Å². The molecule has 96 valence electrons. The van der Waals surface area contributed by atoms with E-state index in [2.05, 4.69) is 18.8 Å². The molecule has 1 heterocycles. The Labute approximate surface area is 111 Å². The van der Waals surface area contributed by atoms with Crippen LogP contribution in [0.2, 0.25) is 5.02 Å². The second kappa shape index (κ2) is 5.31. The van der Waals surface area contributed by atoms with E-state index in [0.29, 0.717) is 17.4 Å². The van der Waals surface area contributed by atoms with Crippen molar-refractivity contribution in [2.75, 3.05) is 5.73 Å². The summed E-state index contributed by atoms with van der Waals surface area (Å²) in [5.41, 5.74) is 5.86. The third-order valence-corrected chi connectivity index (χ3v) is 2.85. The van der Waals surface area contributed by atoms with E-state index in [4.69, 9.17) is 22.1 Å². The van der Waals surface area contributed by atoms with Crippen molar-refractivity contribution in [3.8, 4) is 5.75 Å². The van der Waals surface area contributed by atoms with Gasteiger partial charge in [-0.2, -0.15) is 0 Å². The number of imidazole rings is 1. The van der Waals surface area contributed by atoms with Gasteiger partial charge in [-0.15, -0.1) is 0 Å². The molecule has 0 aliphatic heterocycles. The first-order chi connectivity index (χ1) is 8.58. The summed E-state index contributed by atoms with van der Waals surface area (Å²) >= 11 is 5.81. The molecular formula is C13H16ClN3O. The minimum Gasteiger partial charge on any atom is -0.486 e. The lowest BCUT2D eigenvalue weighted by Crippen LogP contribution is -2.11. The van der Waals surface area contributed by atoms with E-state index in [9.17, 15) is 0 Å². The number of aromatic nitrogens is 2. The van der Waals surface area contributed by atoms with Crippen LogP contribution in [-0.2, 0) is 6.61 Å². The van der Waals surface area contributed by atoms with Crippen LogP contribution in [0.5, 0.6) is 5.75 Å². The molecule has 2 N–H and O–H groups in total. The number of ether oxygens (including phenoxy) is 1. The lowest BCUT2D eigenvalue weighted by molar-refractivity contribution is 0.287. The number of halogens is 1. The van der Waals surface area contributed by atoms with Gasteiger partial charge in [0.05, 0.1) is 6.20 Å². The predicted molar refractivity (Wildman–Crippen MR) is 72.8 cm³/mol. The Balaban J connectivity index is 2.08. The van der Waals surface area contributed by atoms with Crippen molar-refractivity contribution in [2.24, 2.45) is 0 Å². The Morgan fingerprint density at radius 2 is 2.00 bits per heavy atom. The van der Waals surface area contributed by atoms with Gasteiger partial charge in [0.1, 0.15) is 24.0 Å². The molecule has 0 spiro atoms. The van der Waals surface area contributed by atoms with Gasteiger partial charge in [-0.1, -0.05) is 11.6 Å². The molecular weight excluding hydrogens is 250 g/mol. The van der Waals surface area contributed by atoms with Gasteiger partial charge in [0, 0.05) is 11.1 Å². The molecule has 5 heteroatoms. The van der Waals surface area contributed by atoms with Crippen molar-refractivity contribution in [2.45, 2.75) is 26.5 Å². The fourth-order valence-corrected chi connectivity index (χ4v) is 1.92. The molecule has 0 bridgehead atoms. The number of rotatable bonds is 4. The van der Waals surface area contributed by atoms with Crippen LogP contribution >= 0.6 is 11.6 Å². The monoisotopic (exact) mass is 265 g/mol. The Hall–Kier alpha value is -1.68. The highest BCUT2D eigenvalue weighted by Gasteiger charge is 2.10. The number of nitrogen functional groups attached to an aromatic ring is 1. The maximum absolute atomic E-state index is 5.86. The third-order valence-electron chi connectivity index (χ3n) is 2.60. The highest BCUT2D eigenvalue weighted by atomic mass is 35.5. The van der Waals surface area contributed by atoms with Gasteiger partial charge in [-0.05, 0) is 38.1 Å². The first-order valence-electron chi connectivity index (χ1n) is 5.78. The van der Waals surface area contributed by atoms with Crippen molar-refractivity contribution in [1.82, 2.24) is 9.55 Å². The molecule has 4 nitrogen and oxygen atoms in total. The average Bonchev–Trinajstić information content (AvgIpc) is 2.70. The molecule has 1 aromatic heterocycles. The quantitative estimate of drug-likeness (QED) is 0.923. The van der Waals surface area contributed by atoms with E-state index >= 15 is 0 Å². The highest BCUT2D eigenvalue weighted by molar-refractivity contribution is 6.30. The van der Waals surface area contributed by atoms with Gasteiger partial charge in [0.2, 0.25) is 0 Å². The summed E-state index contributed by atoms with van der Waals surface area (Å²) in [6.45, 7) is 4.50. The molecule has 0 unspecified atom stereocenters. The molecule has 0 aliphatic carbocycles. The minimum absolute atomic E-state index is 0.260. The Morgan fingerprint density at radius 3 is 2.61 bits per heavy atom. The first kappa shape index (κ1) is 12.8. The van der Waals surface area contributed by atoms with Gasteiger partial charge in [-0.25, -0.2) is 4.98 Å². The zero-order chi connectivity index (χ0) is 13.1. The molecule has 18 heavy (non-hydrogen) atoms. The summed E-state index contributed by atoms with van der Waals surface area (Å²) in [6, 6.07) is 7.50. The smallest absolute Gasteiger partial charge is 0.148 e. The predicted octanol–water partition coefficient (Wildman–Crippen LogP) is 3.28. The largest absolute Gasteiger partial charge is 0.486 e. The van der Waals surface area contributed by atoms with Crippen molar-refractivity contribution < 1.29 is 4.74 Å². The van der Waals surface area contributed by atoms with Crippen LogP contribution in [-0.4, -0.2) is 9.55 Å². The molecule has 0 aliphatic rings. The van der Waals surface area contributed by atoms with Crippen LogP contribution in [0.3, 0.4) is 0 Å². The number of hydrogen-bond acceptors (Lipinski definition) is 3. The topological polar surface area (TPSA) is 53.1 Å². The molecule has 2 aromatic rings. The van der Waals surface area contributed by atoms with E-state index < -0.39 is 0 Å². The first-order valence-corrected chi connectivity index (χ1v) is 6.15. The standard InChI is InChI=1S/C13H16ClN3O/c1-9(2)17-12(15)7-16-13(17)8-18-11-5-3-10(14)4-6-11/h3-7,9H,8,15H2,1-2H3. The van der Waals surface area contributed by atoms with Gasteiger partial charge >= 0.3 is 0 Å². The molecule has 0 atom stereocenters. The van der Waals surface area contributed by atoms with Gasteiger partial charge < -0.3 is 15.0 Å². The summed E-state index contributed by atoms with van der Waals surface area (Å²) < 4.78 is 7.61. The summed E-state index contributed by atoms with van der Waals surface area (Å²) in [5, 5.41) is 0.690. The van der Waals surface area contributed by atoms with E-state index in [0.717, 1.165) is 11.6 Å². The summed E-state index contributed by atoms with van der Waals surface area (Å²) in [5.74, 6) is 2.23. The summed E-state index contributed by atoms with van der Waals surface area (Å²) in [7, 11) is 0. The fraction of sp³-hybridized carbons (Fsp3) is 0.308. The molecule has 1 aromatic carbocycles.